The van der Waals surface area contributed by atoms with Crippen LogP contribution in [-0.2, 0) is 4.74 Å². The van der Waals surface area contributed by atoms with Gasteiger partial charge in [0.25, 0.3) is 5.91 Å². The lowest BCUT2D eigenvalue weighted by Crippen LogP contribution is -2.43. The van der Waals surface area contributed by atoms with Crippen LogP contribution in [0, 0.1) is 0 Å². The molecule has 0 aromatic heterocycles. The van der Waals surface area contributed by atoms with Crippen molar-refractivity contribution in [3.8, 4) is 5.75 Å². The van der Waals surface area contributed by atoms with E-state index < -0.39 is 5.60 Å². The molecule has 2 N–H and O–H groups in total. The minimum Gasteiger partial charge on any atom is -0.496 e. The van der Waals surface area contributed by atoms with E-state index in [1.165, 1.54) is 7.11 Å². The number of rotatable bonds is 4. The first kappa shape index (κ1) is 14.3. The molecule has 0 saturated carbocycles. The van der Waals surface area contributed by atoms with Crippen LogP contribution in [0.5, 0.6) is 5.75 Å². The molecule has 1 heterocycles. The van der Waals surface area contributed by atoms with E-state index in [4.69, 9.17) is 9.47 Å². The molecule has 0 bridgehead atoms. The molecule has 1 amide bonds. The van der Waals surface area contributed by atoms with Crippen molar-refractivity contribution in [1.29, 1.82) is 0 Å². The van der Waals surface area contributed by atoms with Crippen molar-refractivity contribution in [3.05, 3.63) is 28.2 Å². The predicted molar refractivity (Wildman–Crippen MR) is 73.4 cm³/mol. The van der Waals surface area contributed by atoms with Gasteiger partial charge in [-0.05, 0) is 18.2 Å². The Kier molecular flexibility index (Phi) is 4.44. The quantitative estimate of drug-likeness (QED) is 0.874. The summed E-state index contributed by atoms with van der Waals surface area (Å²) in [6.45, 7) is 0.948. The number of hydrogen-bond acceptors (Lipinski definition) is 4. The lowest BCUT2D eigenvalue weighted by atomic mass is 10.0. The van der Waals surface area contributed by atoms with Crippen molar-refractivity contribution >= 4 is 21.8 Å². The molecule has 1 aliphatic rings. The smallest absolute Gasteiger partial charge is 0.255 e. The number of methoxy groups -OCH3 is 1. The summed E-state index contributed by atoms with van der Waals surface area (Å²) in [6.07, 6.45) is 0.532. The molecule has 0 spiro atoms. The molecule has 5 nitrogen and oxygen atoms in total. The van der Waals surface area contributed by atoms with Gasteiger partial charge in [-0.2, -0.15) is 0 Å². The Bertz CT molecular complexity index is 472. The highest BCUT2D eigenvalue weighted by molar-refractivity contribution is 9.10. The standard InChI is InChI=1S/C13H16BrNO4/c1-18-11-6-9(14)2-3-10(11)12(16)15-7-13(17)4-5-19-8-13/h2-3,6,17H,4-5,7-8H2,1H3,(H,15,16). The van der Waals surface area contributed by atoms with Gasteiger partial charge in [0.1, 0.15) is 11.4 Å². The Labute approximate surface area is 120 Å². The van der Waals surface area contributed by atoms with Gasteiger partial charge in [-0.1, -0.05) is 15.9 Å². The second kappa shape index (κ2) is 5.90. The molecule has 0 aliphatic carbocycles. The third-order valence-electron chi connectivity index (χ3n) is 3.07. The van der Waals surface area contributed by atoms with Gasteiger partial charge in [0.05, 0.1) is 19.3 Å². The second-order valence-corrected chi connectivity index (χ2v) is 5.47. The lowest BCUT2D eigenvalue weighted by Gasteiger charge is -2.21. The molecule has 1 saturated heterocycles. The molecule has 6 heteroatoms. The largest absolute Gasteiger partial charge is 0.496 e. The highest BCUT2D eigenvalue weighted by Gasteiger charge is 2.32. The normalized spacial score (nSPS) is 22.3. The second-order valence-electron chi connectivity index (χ2n) is 4.55. The molecule has 104 valence electrons. The van der Waals surface area contributed by atoms with Crippen LogP contribution in [-0.4, -0.2) is 43.5 Å². The fourth-order valence-electron chi connectivity index (χ4n) is 1.93. The van der Waals surface area contributed by atoms with Crippen molar-refractivity contribution in [2.24, 2.45) is 0 Å². The van der Waals surface area contributed by atoms with Crippen molar-refractivity contribution in [1.82, 2.24) is 5.32 Å². The Morgan fingerprint density at radius 3 is 3.05 bits per heavy atom. The summed E-state index contributed by atoms with van der Waals surface area (Å²) in [5, 5.41) is 12.8. The number of amides is 1. The van der Waals surface area contributed by atoms with E-state index in [9.17, 15) is 9.90 Å². The first-order chi connectivity index (χ1) is 9.04. The minimum atomic E-state index is -0.960. The Hall–Kier alpha value is -1.11. The number of hydrogen-bond donors (Lipinski definition) is 2. The van der Waals surface area contributed by atoms with Crippen molar-refractivity contribution in [3.63, 3.8) is 0 Å². The number of aliphatic hydroxyl groups is 1. The van der Waals surface area contributed by atoms with Crippen molar-refractivity contribution in [2.45, 2.75) is 12.0 Å². The fourth-order valence-corrected chi connectivity index (χ4v) is 2.27. The highest BCUT2D eigenvalue weighted by Crippen LogP contribution is 2.24. The summed E-state index contributed by atoms with van der Waals surface area (Å²) < 4.78 is 11.1. The zero-order valence-corrected chi connectivity index (χ0v) is 12.2. The third kappa shape index (κ3) is 3.46. The zero-order valence-electron chi connectivity index (χ0n) is 10.6. The van der Waals surface area contributed by atoms with Gasteiger partial charge < -0.3 is 19.9 Å². The molecule has 2 rings (SSSR count). The average molecular weight is 330 g/mol. The van der Waals surface area contributed by atoms with E-state index in [-0.39, 0.29) is 19.1 Å². The zero-order chi connectivity index (χ0) is 13.9. The Balaban J connectivity index is 2.03. The third-order valence-corrected chi connectivity index (χ3v) is 3.56. The predicted octanol–water partition coefficient (Wildman–Crippen LogP) is 1.34. The maximum absolute atomic E-state index is 12.1. The minimum absolute atomic E-state index is 0.172. The number of carbonyl (C=O) groups excluding carboxylic acids is 1. The monoisotopic (exact) mass is 329 g/mol. The van der Waals surface area contributed by atoms with Crippen molar-refractivity contribution < 1.29 is 19.4 Å². The molecule has 0 radical (unpaired) electrons. The Morgan fingerprint density at radius 2 is 2.42 bits per heavy atom. The van der Waals surface area contributed by atoms with Gasteiger partial charge in [0, 0.05) is 24.0 Å². The average Bonchev–Trinajstić information content (AvgIpc) is 2.83. The molecule has 1 unspecified atom stereocenters. The summed E-state index contributed by atoms with van der Waals surface area (Å²) >= 11 is 3.32. The van der Waals surface area contributed by atoms with E-state index in [0.29, 0.717) is 24.3 Å². The Morgan fingerprint density at radius 1 is 1.63 bits per heavy atom. The van der Waals surface area contributed by atoms with E-state index in [1.807, 2.05) is 0 Å². The van der Waals surface area contributed by atoms with E-state index >= 15 is 0 Å². The van der Waals surface area contributed by atoms with E-state index in [1.54, 1.807) is 18.2 Å². The maximum Gasteiger partial charge on any atom is 0.255 e. The van der Waals surface area contributed by atoms with Crippen LogP contribution in [0.1, 0.15) is 16.8 Å². The van der Waals surface area contributed by atoms with Crippen LogP contribution in [0.3, 0.4) is 0 Å². The first-order valence-corrected chi connectivity index (χ1v) is 6.75. The number of nitrogens with one attached hydrogen (secondary N) is 1. The molecule has 1 atom stereocenters. The van der Waals surface area contributed by atoms with Crippen LogP contribution >= 0.6 is 15.9 Å². The summed E-state index contributed by atoms with van der Waals surface area (Å²) in [6, 6.07) is 5.17. The summed E-state index contributed by atoms with van der Waals surface area (Å²) in [4.78, 5) is 12.1. The van der Waals surface area contributed by atoms with Gasteiger partial charge in [-0.15, -0.1) is 0 Å². The number of ether oxygens (including phenoxy) is 2. The van der Waals surface area contributed by atoms with Crippen LogP contribution in [0.15, 0.2) is 22.7 Å². The van der Waals surface area contributed by atoms with Crippen molar-refractivity contribution in [2.75, 3.05) is 26.9 Å². The molecule has 1 aliphatic heterocycles. The van der Waals surface area contributed by atoms with Crippen LogP contribution < -0.4 is 10.1 Å². The summed E-state index contributed by atoms with van der Waals surface area (Å²) in [7, 11) is 1.51. The topological polar surface area (TPSA) is 67.8 Å². The number of carbonyl (C=O) groups is 1. The number of halogens is 1. The van der Waals surface area contributed by atoms with Gasteiger partial charge in [0.2, 0.25) is 0 Å². The lowest BCUT2D eigenvalue weighted by molar-refractivity contribution is 0.0264. The van der Waals surface area contributed by atoms with Gasteiger partial charge in [-0.25, -0.2) is 0 Å². The van der Waals surface area contributed by atoms with E-state index in [0.717, 1.165) is 4.47 Å². The van der Waals surface area contributed by atoms with E-state index in [2.05, 4.69) is 21.2 Å². The molecule has 19 heavy (non-hydrogen) atoms. The molecular weight excluding hydrogens is 314 g/mol. The summed E-state index contributed by atoms with van der Waals surface area (Å²) in [5.74, 6) is 0.214. The SMILES string of the molecule is COc1cc(Br)ccc1C(=O)NCC1(O)CCOC1. The molecule has 1 aromatic carbocycles. The molecular formula is C13H16BrNO4. The highest BCUT2D eigenvalue weighted by atomic mass is 79.9. The first-order valence-electron chi connectivity index (χ1n) is 5.96. The van der Waals surface area contributed by atoms with Gasteiger partial charge in [0.15, 0.2) is 0 Å². The number of benzene rings is 1. The fraction of sp³-hybridized carbons (Fsp3) is 0.462. The van der Waals surface area contributed by atoms with Crippen LogP contribution in [0.2, 0.25) is 0 Å². The summed E-state index contributed by atoms with van der Waals surface area (Å²) in [5.41, 5.74) is -0.522. The molecule has 1 aromatic rings. The van der Waals surface area contributed by atoms with Gasteiger partial charge in [-0.3, -0.25) is 4.79 Å². The molecule has 1 fully saturated rings. The van der Waals surface area contributed by atoms with Gasteiger partial charge >= 0.3 is 0 Å². The van der Waals surface area contributed by atoms with Crippen LogP contribution in [0.25, 0.3) is 0 Å². The maximum atomic E-state index is 12.1. The van der Waals surface area contributed by atoms with Crippen LogP contribution in [0.4, 0.5) is 0 Å².